The average Bonchev–Trinajstić information content (AvgIpc) is 2.69. The molecule has 2 aromatic heterocycles. The van der Waals surface area contributed by atoms with Gasteiger partial charge in [0.1, 0.15) is 0 Å². The van der Waals surface area contributed by atoms with Crippen LogP contribution in [0.1, 0.15) is 45.3 Å². The van der Waals surface area contributed by atoms with Crippen LogP contribution in [0.2, 0.25) is 0 Å². The maximum Gasteiger partial charge on any atom is 0.262 e. The quantitative estimate of drug-likeness (QED) is 0.885. The van der Waals surface area contributed by atoms with Gasteiger partial charge in [-0.05, 0) is 44.1 Å². The van der Waals surface area contributed by atoms with E-state index in [2.05, 4.69) is 24.0 Å². The third kappa shape index (κ3) is 2.35. The Morgan fingerprint density at radius 3 is 2.35 bits per heavy atom. The van der Waals surface area contributed by atoms with Gasteiger partial charge < -0.3 is 9.13 Å². The molecule has 0 saturated carbocycles. The predicted molar refractivity (Wildman–Crippen MR) is 82.6 cm³/mol. The molecule has 0 spiro atoms. The van der Waals surface area contributed by atoms with Crippen LogP contribution in [0.4, 0.5) is 0 Å². The lowest BCUT2D eigenvalue weighted by Gasteiger charge is -2.19. The Morgan fingerprint density at radius 1 is 1.25 bits per heavy atom. The summed E-state index contributed by atoms with van der Waals surface area (Å²) >= 11 is 5.11. The standard InChI is InChI=1S/C14H20N4OS/c1-8(2)11-7-6-10(13(19)18(11)9(3)4)12-15-16-14(20)17(12)5/h6-9H,1-5H3,(H,16,20). The molecule has 0 atom stereocenters. The highest BCUT2D eigenvalue weighted by Crippen LogP contribution is 2.20. The number of hydrogen-bond acceptors (Lipinski definition) is 3. The second-order valence-corrected chi connectivity index (χ2v) is 5.89. The van der Waals surface area contributed by atoms with Gasteiger partial charge in [0.2, 0.25) is 0 Å². The molecule has 0 fully saturated rings. The van der Waals surface area contributed by atoms with E-state index in [4.69, 9.17) is 12.2 Å². The first-order valence-corrected chi connectivity index (χ1v) is 7.12. The van der Waals surface area contributed by atoms with E-state index < -0.39 is 0 Å². The first-order valence-electron chi connectivity index (χ1n) is 6.71. The van der Waals surface area contributed by atoms with Gasteiger partial charge in [-0.15, -0.1) is 0 Å². The minimum atomic E-state index is -0.0247. The van der Waals surface area contributed by atoms with Crippen LogP contribution in [0, 0.1) is 4.77 Å². The van der Waals surface area contributed by atoms with Gasteiger partial charge in [0.15, 0.2) is 10.6 Å². The summed E-state index contributed by atoms with van der Waals surface area (Å²) in [5, 5.41) is 6.87. The molecule has 0 amide bonds. The fraction of sp³-hybridized carbons (Fsp3) is 0.500. The number of aromatic nitrogens is 4. The fourth-order valence-corrected chi connectivity index (χ4v) is 2.46. The van der Waals surface area contributed by atoms with Crippen molar-refractivity contribution in [3.8, 4) is 11.4 Å². The molecule has 6 heteroatoms. The van der Waals surface area contributed by atoms with Gasteiger partial charge in [-0.2, -0.15) is 5.10 Å². The van der Waals surface area contributed by atoms with Gasteiger partial charge in [-0.3, -0.25) is 9.89 Å². The molecule has 108 valence electrons. The Balaban J connectivity index is 2.75. The molecule has 0 unspecified atom stereocenters. The van der Waals surface area contributed by atoms with E-state index in [1.165, 1.54) is 0 Å². The fourth-order valence-electron chi connectivity index (χ4n) is 2.33. The molecule has 2 rings (SSSR count). The highest BCUT2D eigenvalue weighted by atomic mass is 32.1. The zero-order valence-electron chi connectivity index (χ0n) is 12.5. The topological polar surface area (TPSA) is 55.6 Å². The minimum Gasteiger partial charge on any atom is -0.309 e. The second kappa shape index (κ2) is 5.36. The van der Waals surface area contributed by atoms with Crippen LogP contribution < -0.4 is 5.56 Å². The van der Waals surface area contributed by atoms with Crippen molar-refractivity contribution in [2.24, 2.45) is 7.05 Å². The summed E-state index contributed by atoms with van der Waals surface area (Å²) in [5.74, 6) is 0.867. The summed E-state index contributed by atoms with van der Waals surface area (Å²) in [7, 11) is 1.80. The molecule has 0 aromatic carbocycles. The molecule has 0 bridgehead atoms. The Kier molecular flexibility index (Phi) is 3.94. The lowest BCUT2D eigenvalue weighted by Crippen LogP contribution is -2.27. The van der Waals surface area contributed by atoms with Gasteiger partial charge in [0.05, 0.1) is 5.56 Å². The molecule has 2 aromatic rings. The predicted octanol–water partition coefficient (Wildman–Crippen LogP) is 3.01. The van der Waals surface area contributed by atoms with E-state index in [1.54, 1.807) is 11.6 Å². The summed E-state index contributed by atoms with van der Waals surface area (Å²) in [4.78, 5) is 12.8. The van der Waals surface area contributed by atoms with E-state index in [9.17, 15) is 4.79 Å². The Hall–Kier alpha value is -1.69. The SMILES string of the molecule is CC(C)c1ccc(-c2n[nH]c(=S)n2C)c(=O)n1C(C)C. The third-order valence-electron chi connectivity index (χ3n) is 3.38. The van der Waals surface area contributed by atoms with E-state index in [0.29, 0.717) is 22.1 Å². The zero-order valence-corrected chi connectivity index (χ0v) is 13.3. The van der Waals surface area contributed by atoms with Crippen LogP contribution in [-0.4, -0.2) is 19.3 Å². The van der Waals surface area contributed by atoms with Crippen LogP contribution in [0.25, 0.3) is 11.4 Å². The van der Waals surface area contributed by atoms with Gasteiger partial charge in [-0.25, -0.2) is 0 Å². The van der Waals surface area contributed by atoms with Crippen molar-refractivity contribution in [3.63, 3.8) is 0 Å². The first-order chi connectivity index (χ1) is 9.34. The minimum absolute atomic E-state index is 0.0247. The number of pyridine rings is 1. The van der Waals surface area contributed by atoms with Crippen molar-refractivity contribution in [3.05, 3.63) is 33.0 Å². The summed E-state index contributed by atoms with van der Waals surface area (Å²) in [6.07, 6.45) is 0. The van der Waals surface area contributed by atoms with Gasteiger partial charge in [-0.1, -0.05) is 13.8 Å². The van der Waals surface area contributed by atoms with Crippen LogP contribution in [0.15, 0.2) is 16.9 Å². The van der Waals surface area contributed by atoms with Crippen molar-refractivity contribution < 1.29 is 0 Å². The van der Waals surface area contributed by atoms with Crippen molar-refractivity contribution >= 4 is 12.2 Å². The van der Waals surface area contributed by atoms with Crippen LogP contribution in [0.5, 0.6) is 0 Å². The van der Waals surface area contributed by atoms with E-state index in [0.717, 1.165) is 5.69 Å². The number of rotatable bonds is 3. The smallest absolute Gasteiger partial charge is 0.262 e. The van der Waals surface area contributed by atoms with Crippen molar-refractivity contribution in [1.82, 2.24) is 19.3 Å². The summed E-state index contributed by atoms with van der Waals surface area (Å²) in [6.45, 7) is 8.20. The highest BCUT2D eigenvalue weighted by Gasteiger charge is 2.17. The molecule has 2 heterocycles. The number of nitrogens with zero attached hydrogens (tertiary/aromatic N) is 3. The number of aromatic amines is 1. The maximum absolute atomic E-state index is 12.8. The largest absolute Gasteiger partial charge is 0.309 e. The molecule has 0 aliphatic heterocycles. The molecule has 0 radical (unpaired) electrons. The lowest BCUT2D eigenvalue weighted by molar-refractivity contribution is 0.535. The summed E-state index contributed by atoms with van der Waals surface area (Å²) < 4.78 is 4.05. The highest BCUT2D eigenvalue weighted by molar-refractivity contribution is 7.71. The van der Waals surface area contributed by atoms with E-state index in [-0.39, 0.29) is 11.6 Å². The molecule has 1 N–H and O–H groups in total. The van der Waals surface area contributed by atoms with Crippen molar-refractivity contribution in [1.29, 1.82) is 0 Å². The molecular weight excluding hydrogens is 272 g/mol. The zero-order chi connectivity index (χ0) is 15.0. The first kappa shape index (κ1) is 14.7. The molecule has 0 aliphatic rings. The molecule has 20 heavy (non-hydrogen) atoms. The lowest BCUT2D eigenvalue weighted by atomic mass is 10.1. The molecular formula is C14H20N4OS. The Bertz CT molecular complexity index is 736. The van der Waals surface area contributed by atoms with E-state index >= 15 is 0 Å². The van der Waals surface area contributed by atoms with Crippen molar-refractivity contribution in [2.75, 3.05) is 0 Å². The van der Waals surface area contributed by atoms with Crippen molar-refractivity contribution in [2.45, 2.75) is 39.7 Å². The Labute approximate surface area is 123 Å². The second-order valence-electron chi connectivity index (χ2n) is 5.51. The normalized spacial score (nSPS) is 11.6. The van der Waals surface area contributed by atoms with Crippen LogP contribution in [0.3, 0.4) is 0 Å². The van der Waals surface area contributed by atoms with Gasteiger partial charge in [0.25, 0.3) is 5.56 Å². The van der Waals surface area contributed by atoms with Gasteiger partial charge >= 0.3 is 0 Å². The third-order valence-corrected chi connectivity index (χ3v) is 3.74. The molecule has 0 aliphatic carbocycles. The number of H-pyrrole nitrogens is 1. The molecule has 0 saturated heterocycles. The van der Waals surface area contributed by atoms with Crippen LogP contribution in [-0.2, 0) is 7.05 Å². The Morgan fingerprint density at radius 2 is 1.90 bits per heavy atom. The number of hydrogen-bond donors (Lipinski definition) is 1. The average molecular weight is 292 g/mol. The number of nitrogens with one attached hydrogen (secondary N) is 1. The summed E-state index contributed by atoms with van der Waals surface area (Å²) in [5.41, 5.74) is 1.58. The summed E-state index contributed by atoms with van der Waals surface area (Å²) in [6, 6.07) is 3.94. The van der Waals surface area contributed by atoms with E-state index in [1.807, 2.05) is 30.5 Å². The van der Waals surface area contributed by atoms with Gasteiger partial charge in [0, 0.05) is 18.8 Å². The van der Waals surface area contributed by atoms with Crippen LogP contribution >= 0.6 is 12.2 Å². The maximum atomic E-state index is 12.8. The monoisotopic (exact) mass is 292 g/mol. The molecule has 5 nitrogen and oxygen atoms in total.